The van der Waals surface area contributed by atoms with Crippen molar-refractivity contribution < 1.29 is 9.90 Å². The summed E-state index contributed by atoms with van der Waals surface area (Å²) in [7, 11) is 1.68. The zero-order chi connectivity index (χ0) is 14.4. The third kappa shape index (κ3) is 3.40. The SMILES string of the molecule is Cn1ncnc1NC(=O)c1cncc(C#CCCO)c1. The van der Waals surface area contributed by atoms with Crippen LogP contribution in [0.5, 0.6) is 0 Å². The number of carbonyl (C=O) groups excluding carboxylic acids is 1. The fourth-order valence-electron chi connectivity index (χ4n) is 1.44. The van der Waals surface area contributed by atoms with Gasteiger partial charge in [-0.25, -0.2) is 4.68 Å². The summed E-state index contributed by atoms with van der Waals surface area (Å²) < 4.78 is 1.45. The molecule has 0 spiro atoms. The van der Waals surface area contributed by atoms with Crippen LogP contribution in [-0.2, 0) is 7.05 Å². The van der Waals surface area contributed by atoms with Gasteiger partial charge in [-0.3, -0.25) is 15.1 Å². The lowest BCUT2D eigenvalue weighted by Crippen LogP contribution is -2.15. The van der Waals surface area contributed by atoms with Gasteiger partial charge in [0.25, 0.3) is 5.91 Å². The van der Waals surface area contributed by atoms with Crippen molar-refractivity contribution in [3.63, 3.8) is 0 Å². The minimum atomic E-state index is -0.334. The van der Waals surface area contributed by atoms with Gasteiger partial charge < -0.3 is 5.11 Å². The maximum atomic E-state index is 12.0. The number of pyridine rings is 1. The van der Waals surface area contributed by atoms with E-state index in [1.54, 1.807) is 19.3 Å². The third-order valence-corrected chi connectivity index (χ3v) is 2.41. The van der Waals surface area contributed by atoms with E-state index in [0.29, 0.717) is 23.5 Å². The summed E-state index contributed by atoms with van der Waals surface area (Å²) in [5.41, 5.74) is 0.993. The van der Waals surface area contributed by atoms with Gasteiger partial charge >= 0.3 is 0 Å². The summed E-state index contributed by atoms with van der Waals surface area (Å²) in [6, 6.07) is 1.63. The predicted molar refractivity (Wildman–Crippen MR) is 71.8 cm³/mol. The van der Waals surface area contributed by atoms with Gasteiger partial charge in [-0.2, -0.15) is 10.1 Å². The summed E-state index contributed by atoms with van der Waals surface area (Å²) >= 11 is 0. The Balaban J connectivity index is 2.13. The van der Waals surface area contributed by atoms with Crippen LogP contribution in [0.4, 0.5) is 5.95 Å². The molecule has 0 aliphatic heterocycles. The molecule has 102 valence electrons. The zero-order valence-electron chi connectivity index (χ0n) is 10.9. The van der Waals surface area contributed by atoms with Crippen molar-refractivity contribution in [3.05, 3.63) is 35.9 Å². The number of aliphatic hydroxyl groups excluding tert-OH is 1. The molecule has 2 rings (SSSR count). The van der Waals surface area contributed by atoms with Crippen LogP contribution in [0, 0.1) is 11.8 Å². The van der Waals surface area contributed by atoms with Crippen LogP contribution in [0.25, 0.3) is 0 Å². The minimum absolute atomic E-state index is 0.00671. The van der Waals surface area contributed by atoms with Crippen LogP contribution in [0.1, 0.15) is 22.3 Å². The number of hydrogen-bond acceptors (Lipinski definition) is 5. The van der Waals surface area contributed by atoms with Crippen molar-refractivity contribution in [1.82, 2.24) is 19.7 Å². The van der Waals surface area contributed by atoms with Crippen LogP contribution < -0.4 is 5.32 Å². The summed E-state index contributed by atoms with van der Waals surface area (Å²) in [5.74, 6) is 5.62. The van der Waals surface area contributed by atoms with Crippen molar-refractivity contribution in [2.75, 3.05) is 11.9 Å². The number of aromatic nitrogens is 4. The number of anilines is 1. The van der Waals surface area contributed by atoms with Crippen molar-refractivity contribution >= 4 is 11.9 Å². The Morgan fingerprint density at radius 1 is 1.50 bits per heavy atom. The van der Waals surface area contributed by atoms with Gasteiger partial charge in [0, 0.05) is 31.4 Å². The lowest BCUT2D eigenvalue weighted by Gasteiger charge is -2.03. The monoisotopic (exact) mass is 271 g/mol. The van der Waals surface area contributed by atoms with E-state index in [9.17, 15) is 4.79 Å². The van der Waals surface area contributed by atoms with Gasteiger partial charge in [-0.1, -0.05) is 11.8 Å². The molecule has 0 atom stereocenters. The lowest BCUT2D eigenvalue weighted by molar-refractivity contribution is 0.102. The fourth-order valence-corrected chi connectivity index (χ4v) is 1.44. The molecule has 7 heteroatoms. The molecule has 20 heavy (non-hydrogen) atoms. The standard InChI is InChI=1S/C13H13N5O2/c1-18-13(15-9-16-18)17-12(20)11-6-10(7-14-8-11)4-2-3-5-19/h6-9,19H,3,5H2,1H3,(H,15,16,17,20). The Hall–Kier alpha value is -2.72. The van der Waals surface area contributed by atoms with E-state index < -0.39 is 0 Å². The van der Waals surface area contributed by atoms with Gasteiger partial charge in [-0.15, -0.1) is 0 Å². The maximum Gasteiger partial charge on any atom is 0.259 e. The Kier molecular flexibility index (Phi) is 4.42. The molecule has 0 saturated carbocycles. The Bertz CT molecular complexity index is 669. The number of carbonyl (C=O) groups is 1. The van der Waals surface area contributed by atoms with E-state index in [1.165, 1.54) is 17.2 Å². The largest absolute Gasteiger partial charge is 0.395 e. The first kappa shape index (κ1) is 13.7. The first-order valence-electron chi connectivity index (χ1n) is 5.91. The topological polar surface area (TPSA) is 92.9 Å². The second-order valence-electron chi connectivity index (χ2n) is 3.90. The normalized spacial score (nSPS) is 9.70. The lowest BCUT2D eigenvalue weighted by atomic mass is 10.2. The number of nitrogens with zero attached hydrogens (tertiary/aromatic N) is 4. The molecule has 2 N–H and O–H groups in total. The molecule has 0 bridgehead atoms. The summed E-state index contributed by atoms with van der Waals surface area (Å²) in [4.78, 5) is 19.9. The number of rotatable bonds is 3. The summed E-state index contributed by atoms with van der Waals surface area (Å²) in [6.45, 7) is 0.00671. The van der Waals surface area contributed by atoms with Crippen LogP contribution in [0.3, 0.4) is 0 Å². The maximum absolute atomic E-state index is 12.0. The molecule has 0 radical (unpaired) electrons. The van der Waals surface area contributed by atoms with E-state index in [0.717, 1.165) is 0 Å². The predicted octanol–water partition coefficient (Wildman–Crippen LogP) is 0.196. The molecule has 2 aromatic rings. The van der Waals surface area contributed by atoms with Crippen molar-refractivity contribution in [2.45, 2.75) is 6.42 Å². The van der Waals surface area contributed by atoms with E-state index in [2.05, 4.69) is 32.2 Å². The van der Waals surface area contributed by atoms with Gasteiger partial charge in [0.1, 0.15) is 6.33 Å². The second kappa shape index (κ2) is 6.45. The average Bonchev–Trinajstić information content (AvgIpc) is 2.85. The van der Waals surface area contributed by atoms with Gasteiger partial charge in [-0.05, 0) is 6.07 Å². The number of nitrogens with one attached hydrogen (secondary N) is 1. The van der Waals surface area contributed by atoms with Gasteiger partial charge in [0.2, 0.25) is 5.95 Å². The zero-order valence-corrected chi connectivity index (χ0v) is 10.9. The van der Waals surface area contributed by atoms with Gasteiger partial charge in [0.05, 0.1) is 12.2 Å². The molecule has 0 aromatic carbocycles. The molecular formula is C13H13N5O2. The molecule has 7 nitrogen and oxygen atoms in total. The molecule has 2 aromatic heterocycles. The number of hydrogen-bond donors (Lipinski definition) is 2. The van der Waals surface area contributed by atoms with Crippen LogP contribution in [-0.4, -0.2) is 37.4 Å². The van der Waals surface area contributed by atoms with Crippen molar-refractivity contribution in [2.24, 2.45) is 7.05 Å². The van der Waals surface area contributed by atoms with E-state index in [-0.39, 0.29) is 12.5 Å². The summed E-state index contributed by atoms with van der Waals surface area (Å²) in [5, 5.41) is 15.1. The Morgan fingerprint density at radius 3 is 3.05 bits per heavy atom. The third-order valence-electron chi connectivity index (χ3n) is 2.41. The average molecular weight is 271 g/mol. The van der Waals surface area contributed by atoms with Crippen LogP contribution in [0.15, 0.2) is 24.8 Å². The highest BCUT2D eigenvalue weighted by molar-refractivity contribution is 6.03. The highest BCUT2D eigenvalue weighted by Crippen LogP contribution is 2.06. The molecule has 0 aliphatic rings. The Morgan fingerprint density at radius 2 is 2.35 bits per heavy atom. The van der Waals surface area contributed by atoms with Crippen LogP contribution in [0.2, 0.25) is 0 Å². The Labute approximate surface area is 115 Å². The van der Waals surface area contributed by atoms with E-state index in [4.69, 9.17) is 5.11 Å². The quantitative estimate of drug-likeness (QED) is 0.778. The number of amides is 1. The van der Waals surface area contributed by atoms with Gasteiger partial charge in [0.15, 0.2) is 0 Å². The highest BCUT2D eigenvalue weighted by Gasteiger charge is 2.09. The minimum Gasteiger partial charge on any atom is -0.395 e. The molecule has 0 fully saturated rings. The number of aliphatic hydroxyl groups is 1. The van der Waals surface area contributed by atoms with E-state index in [1.807, 2.05) is 0 Å². The van der Waals surface area contributed by atoms with Crippen molar-refractivity contribution in [3.8, 4) is 11.8 Å². The molecule has 0 unspecified atom stereocenters. The smallest absolute Gasteiger partial charge is 0.259 e. The number of aryl methyl sites for hydroxylation is 1. The first-order valence-corrected chi connectivity index (χ1v) is 5.91. The van der Waals surface area contributed by atoms with Crippen molar-refractivity contribution in [1.29, 1.82) is 0 Å². The first-order chi connectivity index (χ1) is 9.70. The second-order valence-corrected chi connectivity index (χ2v) is 3.90. The molecule has 2 heterocycles. The highest BCUT2D eigenvalue weighted by atomic mass is 16.2. The summed E-state index contributed by atoms with van der Waals surface area (Å²) in [6.07, 6.45) is 4.74. The molecule has 0 aliphatic carbocycles. The molecule has 1 amide bonds. The van der Waals surface area contributed by atoms with E-state index >= 15 is 0 Å². The van der Waals surface area contributed by atoms with Crippen LogP contribution >= 0.6 is 0 Å². The fraction of sp³-hybridized carbons (Fsp3) is 0.231. The molecular weight excluding hydrogens is 258 g/mol. The molecule has 0 saturated heterocycles.